The zero-order valence-corrected chi connectivity index (χ0v) is 19.0. The molecule has 0 saturated carbocycles. The number of aromatic amines is 1. The van der Waals surface area contributed by atoms with Gasteiger partial charge in [0.05, 0.1) is 40.2 Å². The summed E-state index contributed by atoms with van der Waals surface area (Å²) < 4.78 is 0. The first-order valence-corrected chi connectivity index (χ1v) is 10.8. The summed E-state index contributed by atoms with van der Waals surface area (Å²) in [4.78, 5) is 37.5. The largest absolute Gasteiger partial charge is 0.338 e. The molecule has 0 spiro atoms. The summed E-state index contributed by atoms with van der Waals surface area (Å²) in [5.74, 6) is 0.149. The van der Waals surface area contributed by atoms with Crippen molar-refractivity contribution in [3.63, 3.8) is 0 Å². The molecule has 11 heteroatoms. The van der Waals surface area contributed by atoms with Crippen molar-refractivity contribution >= 4 is 45.9 Å². The number of nitrogens with one attached hydrogen (secondary N) is 3. The van der Waals surface area contributed by atoms with Crippen LogP contribution in [0.15, 0.2) is 61.4 Å². The number of aromatic nitrogens is 6. The van der Waals surface area contributed by atoms with Crippen molar-refractivity contribution in [2.45, 2.75) is 6.92 Å². The van der Waals surface area contributed by atoms with E-state index in [0.717, 1.165) is 5.56 Å². The van der Waals surface area contributed by atoms with Gasteiger partial charge in [0.1, 0.15) is 29.4 Å². The van der Waals surface area contributed by atoms with E-state index in [-0.39, 0.29) is 10.6 Å². The number of nitrogens with zero attached hydrogens (tertiary/aromatic N) is 6. The van der Waals surface area contributed by atoms with Crippen LogP contribution in [0.2, 0.25) is 5.02 Å². The Kier molecular flexibility index (Phi) is 5.75. The molecule has 0 fully saturated rings. The molecule has 1 amide bonds. The highest BCUT2D eigenvalue weighted by molar-refractivity contribution is 6.31. The molecule has 0 aliphatic heterocycles. The van der Waals surface area contributed by atoms with Gasteiger partial charge in [0.2, 0.25) is 0 Å². The van der Waals surface area contributed by atoms with E-state index in [0.29, 0.717) is 45.3 Å². The number of amides is 1. The zero-order chi connectivity index (χ0) is 24.4. The molecule has 4 heterocycles. The van der Waals surface area contributed by atoms with Gasteiger partial charge in [-0.1, -0.05) is 11.6 Å². The average Bonchev–Trinajstić information content (AvgIpc) is 3.36. The summed E-state index contributed by atoms with van der Waals surface area (Å²) in [6, 6.07) is 11.9. The van der Waals surface area contributed by atoms with Crippen LogP contribution in [0.1, 0.15) is 21.6 Å². The Labute approximate surface area is 204 Å². The van der Waals surface area contributed by atoms with Gasteiger partial charge < -0.3 is 15.6 Å². The number of carbonyl (C=O) groups excluding carboxylic acids is 1. The predicted octanol–water partition coefficient (Wildman–Crippen LogP) is 4.64. The molecule has 5 rings (SSSR count). The molecule has 170 valence electrons. The number of pyridine rings is 2. The maximum Gasteiger partial charge on any atom is 0.255 e. The monoisotopic (exact) mass is 481 g/mol. The molecule has 3 N–H and O–H groups in total. The highest BCUT2D eigenvalue weighted by atomic mass is 35.5. The fourth-order valence-electron chi connectivity index (χ4n) is 3.47. The number of hydrogen-bond acceptors (Lipinski definition) is 8. The van der Waals surface area contributed by atoms with Crippen LogP contribution in [0, 0.1) is 18.3 Å². The maximum absolute atomic E-state index is 12.7. The first-order valence-electron chi connectivity index (χ1n) is 10.4. The molecule has 0 atom stereocenters. The summed E-state index contributed by atoms with van der Waals surface area (Å²) in [5.41, 5.74) is 4.93. The van der Waals surface area contributed by atoms with Gasteiger partial charge in [0.25, 0.3) is 5.91 Å². The Hall–Kier alpha value is -4.88. The van der Waals surface area contributed by atoms with Gasteiger partial charge in [-0.25, -0.2) is 19.9 Å². The highest BCUT2D eigenvalue weighted by Crippen LogP contribution is 2.31. The second-order valence-corrected chi connectivity index (χ2v) is 7.87. The maximum atomic E-state index is 12.7. The molecule has 0 bridgehead atoms. The SMILES string of the molecule is Cc1ncc(NC(=O)c2ccc(Cl)c(C#N)c2)cc1Nc1ncccc1-c1ncnc2[nH]cnc12. The van der Waals surface area contributed by atoms with Crippen molar-refractivity contribution in [1.82, 2.24) is 29.9 Å². The lowest BCUT2D eigenvalue weighted by Crippen LogP contribution is -2.13. The Morgan fingerprint density at radius 3 is 2.86 bits per heavy atom. The normalized spacial score (nSPS) is 10.7. The van der Waals surface area contributed by atoms with Gasteiger partial charge in [-0.05, 0) is 43.3 Å². The molecule has 0 saturated heterocycles. The van der Waals surface area contributed by atoms with E-state index < -0.39 is 5.91 Å². The lowest BCUT2D eigenvalue weighted by molar-refractivity contribution is 0.102. The summed E-state index contributed by atoms with van der Waals surface area (Å²) in [6.07, 6.45) is 6.24. The third-order valence-corrected chi connectivity index (χ3v) is 5.56. The number of imidazole rings is 1. The van der Waals surface area contributed by atoms with Gasteiger partial charge in [-0.3, -0.25) is 9.78 Å². The van der Waals surface area contributed by atoms with Crippen LogP contribution in [0.25, 0.3) is 22.4 Å². The number of aryl methyl sites for hydroxylation is 1. The quantitative estimate of drug-likeness (QED) is 0.329. The van der Waals surface area contributed by atoms with Gasteiger partial charge in [0, 0.05) is 17.3 Å². The van der Waals surface area contributed by atoms with Crippen LogP contribution >= 0.6 is 11.6 Å². The summed E-state index contributed by atoms with van der Waals surface area (Å²) in [5, 5.41) is 15.5. The summed E-state index contributed by atoms with van der Waals surface area (Å²) in [7, 11) is 0. The van der Waals surface area contributed by atoms with E-state index in [1.807, 2.05) is 25.1 Å². The van der Waals surface area contributed by atoms with Crippen molar-refractivity contribution in [3.05, 3.63) is 83.3 Å². The number of anilines is 3. The fraction of sp³-hybridized carbons (Fsp3) is 0.0417. The van der Waals surface area contributed by atoms with Gasteiger partial charge in [-0.15, -0.1) is 0 Å². The minimum absolute atomic E-state index is 0.224. The average molecular weight is 482 g/mol. The second kappa shape index (κ2) is 9.17. The van der Waals surface area contributed by atoms with E-state index in [4.69, 9.17) is 16.9 Å². The topological polar surface area (TPSA) is 145 Å². The molecule has 0 radical (unpaired) electrons. The molecule has 1 aromatic carbocycles. The molecule has 4 aromatic heterocycles. The number of nitriles is 1. The van der Waals surface area contributed by atoms with E-state index in [9.17, 15) is 4.79 Å². The van der Waals surface area contributed by atoms with Crippen LogP contribution in [0.3, 0.4) is 0 Å². The van der Waals surface area contributed by atoms with Crippen LogP contribution < -0.4 is 10.6 Å². The van der Waals surface area contributed by atoms with E-state index in [2.05, 4.69) is 40.5 Å². The fourth-order valence-corrected chi connectivity index (χ4v) is 3.63. The number of carbonyl (C=O) groups is 1. The van der Waals surface area contributed by atoms with E-state index in [1.54, 1.807) is 30.9 Å². The lowest BCUT2D eigenvalue weighted by Gasteiger charge is -2.14. The van der Waals surface area contributed by atoms with Crippen LogP contribution in [-0.4, -0.2) is 35.8 Å². The smallest absolute Gasteiger partial charge is 0.255 e. The standard InChI is InChI=1S/C24H16ClN9O/c1-13-19(8-16(10-28-13)33-24(35)14-4-5-18(25)15(7-14)9-26)34-22-17(3-2-6-27-22)20-21-23(31-11-29-20)32-12-30-21/h2-8,10-12H,1H3,(H,27,34)(H,33,35)(H,29,30,31,32). The Morgan fingerprint density at radius 1 is 1.11 bits per heavy atom. The van der Waals surface area contributed by atoms with Crippen LogP contribution in [0.5, 0.6) is 0 Å². The molecular weight excluding hydrogens is 466 g/mol. The first-order chi connectivity index (χ1) is 17.0. The minimum Gasteiger partial charge on any atom is -0.338 e. The number of hydrogen-bond donors (Lipinski definition) is 3. The van der Waals surface area contributed by atoms with Crippen molar-refractivity contribution < 1.29 is 4.79 Å². The third-order valence-electron chi connectivity index (χ3n) is 5.23. The minimum atomic E-state index is -0.393. The van der Waals surface area contributed by atoms with Crippen molar-refractivity contribution in [2.24, 2.45) is 0 Å². The van der Waals surface area contributed by atoms with E-state index >= 15 is 0 Å². The van der Waals surface area contributed by atoms with Crippen molar-refractivity contribution in [1.29, 1.82) is 5.26 Å². The Bertz CT molecular complexity index is 1620. The summed E-state index contributed by atoms with van der Waals surface area (Å²) in [6.45, 7) is 1.84. The Balaban J connectivity index is 1.45. The third kappa shape index (κ3) is 4.36. The van der Waals surface area contributed by atoms with Crippen molar-refractivity contribution in [2.75, 3.05) is 10.6 Å². The molecule has 5 aromatic rings. The first kappa shape index (κ1) is 21.9. The highest BCUT2D eigenvalue weighted by Gasteiger charge is 2.15. The molecular formula is C24H16ClN9O. The molecule has 0 aliphatic rings. The molecule has 0 unspecified atom stereocenters. The van der Waals surface area contributed by atoms with Gasteiger partial charge >= 0.3 is 0 Å². The molecule has 0 aliphatic carbocycles. The number of halogens is 1. The van der Waals surface area contributed by atoms with Gasteiger partial charge in [-0.2, -0.15) is 5.26 Å². The number of benzene rings is 1. The van der Waals surface area contributed by atoms with Crippen LogP contribution in [0.4, 0.5) is 17.2 Å². The molecule has 10 nitrogen and oxygen atoms in total. The van der Waals surface area contributed by atoms with Crippen molar-refractivity contribution in [3.8, 4) is 17.3 Å². The lowest BCUT2D eigenvalue weighted by atomic mass is 10.1. The van der Waals surface area contributed by atoms with Gasteiger partial charge in [0.15, 0.2) is 5.65 Å². The number of rotatable bonds is 5. The molecule has 35 heavy (non-hydrogen) atoms. The predicted molar refractivity (Wildman–Crippen MR) is 131 cm³/mol. The Morgan fingerprint density at radius 2 is 2.00 bits per heavy atom. The van der Waals surface area contributed by atoms with Crippen LogP contribution in [-0.2, 0) is 0 Å². The number of H-pyrrole nitrogens is 1. The number of fused-ring (bicyclic) bond motifs is 1. The summed E-state index contributed by atoms with van der Waals surface area (Å²) >= 11 is 5.97. The second-order valence-electron chi connectivity index (χ2n) is 7.46. The van der Waals surface area contributed by atoms with E-state index in [1.165, 1.54) is 18.5 Å². The zero-order valence-electron chi connectivity index (χ0n) is 18.2.